The Hall–Kier alpha value is -5.76. The summed E-state index contributed by atoms with van der Waals surface area (Å²) in [7, 11) is 0. The van der Waals surface area contributed by atoms with Crippen LogP contribution in [-0.4, -0.2) is 46.4 Å². The zero-order chi connectivity index (χ0) is 50.0. The van der Waals surface area contributed by atoms with Gasteiger partial charge in [0.25, 0.3) is 0 Å². The fourth-order valence-electron chi connectivity index (χ4n) is 9.85. The Kier molecular flexibility index (Phi) is 22.7. The molecule has 2 aliphatic heterocycles. The largest absolute Gasteiger partial charge is 0.493 e. The van der Waals surface area contributed by atoms with Crippen molar-refractivity contribution in [2.24, 2.45) is 0 Å². The second-order valence-corrected chi connectivity index (χ2v) is 19.9. The highest BCUT2D eigenvalue weighted by molar-refractivity contribution is 5.97. The number of H-pyrrole nitrogens is 2. The molecule has 0 aliphatic carbocycles. The normalized spacial score (nSPS) is 11.9. The first-order valence-electron chi connectivity index (χ1n) is 28.5. The molecule has 2 aromatic carbocycles. The summed E-state index contributed by atoms with van der Waals surface area (Å²) in [6.45, 7) is 11.6. The smallest absolute Gasteiger partial charge is 0.131 e. The standard InChI is InChI=1S/C64H86N4O4/c1-5-9-13-17-21-25-43-69-57-31-29-32-58(70-44-26-22-18-14-10-6-2)63(57)61-53-39-35-49(65-53)47-51-37-41-55(67-51)62(56-42-38-52(68-56)48-50-36-40-54(61)66-50)64-59(71-45-27-23-19-15-11-7-3)33-30-34-60(64)72-46-28-24-20-16-12-8-4/h29-42,47-48,65,67H,5-28,43-46H2,1-4H3. The fraction of sp³-hybridized carbons (Fsp3) is 0.500. The zero-order valence-corrected chi connectivity index (χ0v) is 44.6. The third-order valence-electron chi connectivity index (χ3n) is 13.9. The molecular weight excluding hydrogens is 889 g/mol. The number of benzene rings is 2. The summed E-state index contributed by atoms with van der Waals surface area (Å²) >= 11 is 0. The molecule has 386 valence electrons. The van der Waals surface area contributed by atoms with E-state index in [-0.39, 0.29) is 0 Å². The molecular formula is C64H86N4O4. The fourth-order valence-corrected chi connectivity index (χ4v) is 9.85. The number of nitrogens with one attached hydrogen (secondary N) is 2. The van der Waals surface area contributed by atoms with Crippen molar-refractivity contribution in [2.45, 2.75) is 182 Å². The molecule has 0 atom stereocenters. The lowest BCUT2D eigenvalue weighted by Gasteiger charge is -2.18. The van der Waals surface area contributed by atoms with Gasteiger partial charge in [0.1, 0.15) is 23.0 Å². The Morgan fingerprint density at radius 1 is 0.333 bits per heavy atom. The van der Waals surface area contributed by atoms with Gasteiger partial charge in [-0.25, -0.2) is 9.97 Å². The number of nitrogens with zero attached hydrogens (tertiary/aromatic N) is 2. The van der Waals surface area contributed by atoms with E-state index in [1.54, 1.807) is 0 Å². The van der Waals surface area contributed by atoms with Gasteiger partial charge in [0.15, 0.2) is 0 Å². The molecule has 0 spiro atoms. The van der Waals surface area contributed by atoms with E-state index in [0.717, 1.165) is 141 Å². The van der Waals surface area contributed by atoms with Crippen LogP contribution in [0, 0.1) is 0 Å². The summed E-state index contributed by atoms with van der Waals surface area (Å²) in [5.41, 5.74) is 10.9. The summed E-state index contributed by atoms with van der Waals surface area (Å²) in [6.07, 6.45) is 37.2. The molecule has 5 heterocycles. The Bertz CT molecular complexity index is 2390. The highest BCUT2D eigenvalue weighted by atomic mass is 16.5. The van der Waals surface area contributed by atoms with Crippen LogP contribution in [0.5, 0.6) is 23.0 Å². The van der Waals surface area contributed by atoms with Crippen molar-refractivity contribution >= 4 is 46.4 Å². The zero-order valence-electron chi connectivity index (χ0n) is 44.6. The molecule has 0 unspecified atom stereocenters. The van der Waals surface area contributed by atoms with Gasteiger partial charge in [-0.1, -0.05) is 168 Å². The van der Waals surface area contributed by atoms with Gasteiger partial charge in [-0.05, 0) is 111 Å². The quantitative estimate of drug-likeness (QED) is 0.0391. The molecule has 0 radical (unpaired) electrons. The number of hydrogen-bond donors (Lipinski definition) is 2. The molecule has 72 heavy (non-hydrogen) atoms. The van der Waals surface area contributed by atoms with Gasteiger partial charge in [-0.3, -0.25) is 0 Å². The number of rotatable bonds is 34. The summed E-state index contributed by atoms with van der Waals surface area (Å²) in [5.74, 6) is 3.25. The summed E-state index contributed by atoms with van der Waals surface area (Å²) in [4.78, 5) is 18.3. The maximum Gasteiger partial charge on any atom is 0.131 e. The highest BCUT2D eigenvalue weighted by Gasteiger charge is 2.23. The Labute approximate surface area is 432 Å². The van der Waals surface area contributed by atoms with Crippen molar-refractivity contribution in [2.75, 3.05) is 26.4 Å². The number of fused-ring (bicyclic) bond motifs is 8. The Morgan fingerprint density at radius 3 is 0.986 bits per heavy atom. The maximum absolute atomic E-state index is 6.74. The van der Waals surface area contributed by atoms with Gasteiger partial charge >= 0.3 is 0 Å². The second-order valence-electron chi connectivity index (χ2n) is 19.9. The molecule has 0 saturated carbocycles. The lowest BCUT2D eigenvalue weighted by atomic mass is 10.0. The van der Waals surface area contributed by atoms with Crippen LogP contribution in [0.4, 0.5) is 0 Å². The molecule has 7 rings (SSSR count). The van der Waals surface area contributed by atoms with E-state index >= 15 is 0 Å². The minimum atomic E-state index is 0.645. The van der Waals surface area contributed by atoms with E-state index in [1.165, 1.54) is 103 Å². The third-order valence-corrected chi connectivity index (χ3v) is 13.9. The topological polar surface area (TPSA) is 94.3 Å². The molecule has 8 bridgehead atoms. The van der Waals surface area contributed by atoms with E-state index < -0.39 is 0 Å². The average Bonchev–Trinajstić information content (AvgIpc) is 4.24. The second kappa shape index (κ2) is 30.3. The number of ether oxygens (including phenoxy) is 4. The van der Waals surface area contributed by atoms with Gasteiger partial charge in [0.2, 0.25) is 0 Å². The number of hydrogen-bond acceptors (Lipinski definition) is 6. The molecule has 0 saturated heterocycles. The van der Waals surface area contributed by atoms with Crippen LogP contribution in [0.1, 0.15) is 205 Å². The lowest BCUT2D eigenvalue weighted by molar-refractivity contribution is 0.292. The first-order valence-corrected chi connectivity index (χ1v) is 28.5. The van der Waals surface area contributed by atoms with Crippen molar-refractivity contribution in [3.63, 3.8) is 0 Å². The van der Waals surface area contributed by atoms with E-state index in [1.807, 2.05) is 0 Å². The molecule has 2 N–H and O–H groups in total. The van der Waals surface area contributed by atoms with Gasteiger partial charge in [0, 0.05) is 33.2 Å². The number of unbranched alkanes of at least 4 members (excludes halogenated alkanes) is 20. The van der Waals surface area contributed by atoms with Crippen LogP contribution in [0.15, 0.2) is 72.8 Å². The molecule has 5 aromatic rings. The predicted octanol–water partition coefficient (Wildman–Crippen LogP) is 18.9. The number of aromatic amines is 2. The molecule has 8 heteroatoms. The summed E-state index contributed by atoms with van der Waals surface area (Å²) in [6, 6.07) is 25.4. The van der Waals surface area contributed by atoms with Gasteiger partial charge < -0.3 is 28.9 Å². The Balaban J connectivity index is 1.31. The summed E-state index contributed by atoms with van der Waals surface area (Å²) < 4.78 is 27.0. The van der Waals surface area contributed by atoms with Gasteiger partial charge in [-0.15, -0.1) is 0 Å². The third kappa shape index (κ3) is 16.1. The van der Waals surface area contributed by atoms with E-state index in [2.05, 4.69) is 135 Å². The van der Waals surface area contributed by atoms with Crippen molar-refractivity contribution in [3.05, 3.63) is 95.6 Å². The van der Waals surface area contributed by atoms with Gasteiger partial charge in [-0.2, -0.15) is 0 Å². The number of aromatic nitrogens is 4. The van der Waals surface area contributed by atoms with E-state index in [4.69, 9.17) is 28.9 Å². The molecule has 0 amide bonds. The van der Waals surface area contributed by atoms with Crippen molar-refractivity contribution in [1.29, 1.82) is 0 Å². The predicted molar refractivity (Wildman–Crippen MR) is 305 cm³/mol. The van der Waals surface area contributed by atoms with Crippen LogP contribution in [0.2, 0.25) is 0 Å². The first-order chi connectivity index (χ1) is 35.6. The molecule has 3 aromatic heterocycles. The minimum absolute atomic E-state index is 0.645. The van der Waals surface area contributed by atoms with Crippen molar-refractivity contribution in [3.8, 4) is 45.3 Å². The van der Waals surface area contributed by atoms with Crippen LogP contribution in [0.25, 0.3) is 68.6 Å². The van der Waals surface area contributed by atoms with E-state index in [9.17, 15) is 0 Å². The van der Waals surface area contributed by atoms with Crippen LogP contribution >= 0.6 is 0 Å². The first kappa shape index (κ1) is 54.0. The average molecular weight is 975 g/mol. The highest BCUT2D eigenvalue weighted by Crippen LogP contribution is 2.45. The molecule has 8 nitrogen and oxygen atoms in total. The summed E-state index contributed by atoms with van der Waals surface area (Å²) in [5, 5.41) is 0. The van der Waals surface area contributed by atoms with Crippen molar-refractivity contribution < 1.29 is 18.9 Å². The SMILES string of the molecule is CCCCCCCCOc1cccc(OCCCCCCCC)c1-c1c2nc(cc3nc(c(-c4c(OCCCCCCCC)cccc4OCCCCCCCC)c4ccc(cc5ccc1[nH]5)[nH]4)C=C3)C=C2. The minimum Gasteiger partial charge on any atom is -0.493 e. The van der Waals surface area contributed by atoms with E-state index in [0.29, 0.717) is 26.4 Å². The van der Waals surface area contributed by atoms with Crippen molar-refractivity contribution in [1.82, 2.24) is 19.9 Å². The molecule has 0 fully saturated rings. The van der Waals surface area contributed by atoms with Crippen LogP contribution < -0.4 is 18.9 Å². The van der Waals surface area contributed by atoms with Crippen LogP contribution in [0.3, 0.4) is 0 Å². The maximum atomic E-state index is 6.74. The lowest BCUT2D eigenvalue weighted by Crippen LogP contribution is -2.04. The van der Waals surface area contributed by atoms with Crippen LogP contribution in [-0.2, 0) is 0 Å². The Morgan fingerprint density at radius 2 is 0.653 bits per heavy atom. The molecule has 2 aliphatic rings. The van der Waals surface area contributed by atoms with Gasteiger partial charge in [0.05, 0.1) is 60.3 Å². The monoisotopic (exact) mass is 975 g/mol.